The number of ketones is 1. The number of hydrogen-bond donors (Lipinski definition) is 0. The van der Waals surface area contributed by atoms with Crippen molar-refractivity contribution in [1.82, 2.24) is 19.7 Å². The monoisotopic (exact) mass is 429 g/mol. The van der Waals surface area contributed by atoms with Crippen molar-refractivity contribution in [3.63, 3.8) is 0 Å². The van der Waals surface area contributed by atoms with Crippen molar-refractivity contribution in [2.45, 2.75) is 26.2 Å². The zero-order valence-corrected chi connectivity index (χ0v) is 17.9. The molecule has 3 aromatic heterocycles. The number of aromatic nitrogens is 4. The van der Waals surface area contributed by atoms with Crippen molar-refractivity contribution in [1.29, 1.82) is 0 Å². The van der Waals surface area contributed by atoms with Crippen LogP contribution in [0.5, 0.6) is 0 Å². The molecule has 6 nitrogen and oxygen atoms in total. The summed E-state index contributed by atoms with van der Waals surface area (Å²) in [4.78, 5) is 23.7. The quantitative estimate of drug-likeness (QED) is 0.458. The second-order valence-corrected chi connectivity index (χ2v) is 8.44. The zero-order valence-electron chi connectivity index (χ0n) is 17.9. The van der Waals surface area contributed by atoms with E-state index in [0.29, 0.717) is 18.8 Å². The third-order valence-corrected chi connectivity index (χ3v) is 6.01. The summed E-state index contributed by atoms with van der Waals surface area (Å²) in [5.41, 5.74) is 4.53. The van der Waals surface area contributed by atoms with Crippen LogP contribution in [0.25, 0.3) is 16.6 Å². The van der Waals surface area contributed by atoms with Crippen LogP contribution < -0.4 is 4.90 Å². The van der Waals surface area contributed by atoms with Gasteiger partial charge in [-0.15, -0.1) is 0 Å². The topological polar surface area (TPSA) is 63.9 Å². The van der Waals surface area contributed by atoms with Gasteiger partial charge in [-0.2, -0.15) is 5.10 Å². The number of anilines is 1. The maximum absolute atomic E-state index is 13.2. The van der Waals surface area contributed by atoms with Gasteiger partial charge in [0.25, 0.3) is 0 Å². The van der Waals surface area contributed by atoms with Gasteiger partial charge in [-0.3, -0.25) is 14.8 Å². The van der Waals surface area contributed by atoms with Crippen LogP contribution in [0.4, 0.5) is 10.1 Å². The SMILES string of the molecule is Cc1cc(-n2ncc3cc(CC(=O)C[C@@H]4CCN(c5ccc(F)cc5)C4)ncc32)ccn1. The van der Waals surface area contributed by atoms with E-state index in [1.54, 1.807) is 30.7 Å². The lowest BCUT2D eigenvalue weighted by Crippen LogP contribution is -2.20. The molecule has 0 amide bonds. The second kappa shape index (κ2) is 8.49. The van der Waals surface area contributed by atoms with Crippen molar-refractivity contribution in [2.75, 3.05) is 18.0 Å². The molecule has 1 aliphatic heterocycles. The highest BCUT2D eigenvalue weighted by Gasteiger charge is 2.25. The highest BCUT2D eigenvalue weighted by Crippen LogP contribution is 2.26. The summed E-state index contributed by atoms with van der Waals surface area (Å²) in [7, 11) is 0. The Balaban J connectivity index is 1.23. The molecule has 0 N–H and O–H groups in total. The van der Waals surface area contributed by atoms with Crippen LogP contribution in [0.3, 0.4) is 0 Å². The molecule has 1 aromatic carbocycles. The predicted molar refractivity (Wildman–Crippen MR) is 121 cm³/mol. The minimum atomic E-state index is -0.231. The third kappa shape index (κ3) is 4.23. The molecule has 1 aliphatic rings. The van der Waals surface area contributed by atoms with E-state index in [0.717, 1.165) is 53.2 Å². The average Bonchev–Trinajstić information content (AvgIpc) is 3.41. The van der Waals surface area contributed by atoms with Crippen LogP contribution in [0.1, 0.15) is 24.2 Å². The molecule has 32 heavy (non-hydrogen) atoms. The van der Waals surface area contributed by atoms with Gasteiger partial charge < -0.3 is 4.90 Å². The van der Waals surface area contributed by atoms with Crippen LogP contribution in [0.2, 0.25) is 0 Å². The maximum atomic E-state index is 13.2. The van der Waals surface area contributed by atoms with Gasteiger partial charge in [-0.25, -0.2) is 9.07 Å². The Morgan fingerprint density at radius 3 is 2.75 bits per heavy atom. The van der Waals surface area contributed by atoms with E-state index in [1.165, 1.54) is 12.1 Å². The van der Waals surface area contributed by atoms with Crippen molar-refractivity contribution < 1.29 is 9.18 Å². The largest absolute Gasteiger partial charge is 0.371 e. The van der Waals surface area contributed by atoms with Crippen molar-refractivity contribution in [3.05, 3.63) is 78.3 Å². The average molecular weight is 429 g/mol. The molecular weight excluding hydrogens is 405 g/mol. The van der Waals surface area contributed by atoms with Gasteiger partial charge in [0.2, 0.25) is 0 Å². The summed E-state index contributed by atoms with van der Waals surface area (Å²) < 4.78 is 15.0. The standard InChI is InChI=1S/C25H24FN5O/c1-17-10-23(6-8-27-17)31-25-15-28-21(12-19(25)14-29-31)13-24(32)11-18-7-9-30(16-18)22-4-2-20(26)3-5-22/h2-6,8,10,12,14-15,18H,7,9,11,13,16H2,1H3/t18-/m0/s1. The number of rotatable bonds is 6. The summed E-state index contributed by atoms with van der Waals surface area (Å²) >= 11 is 0. The van der Waals surface area contributed by atoms with Crippen molar-refractivity contribution >= 4 is 22.4 Å². The van der Waals surface area contributed by atoms with E-state index >= 15 is 0 Å². The Morgan fingerprint density at radius 1 is 1.09 bits per heavy atom. The first-order valence-corrected chi connectivity index (χ1v) is 10.8. The fraction of sp³-hybridized carbons (Fsp3) is 0.280. The molecule has 7 heteroatoms. The molecule has 0 bridgehead atoms. The summed E-state index contributed by atoms with van der Waals surface area (Å²) in [5, 5.41) is 5.45. The molecule has 4 heterocycles. The van der Waals surface area contributed by atoms with Crippen LogP contribution in [-0.2, 0) is 11.2 Å². The Bertz CT molecular complexity index is 1270. The molecule has 1 fully saturated rings. The van der Waals surface area contributed by atoms with Crippen LogP contribution >= 0.6 is 0 Å². The number of benzene rings is 1. The number of halogens is 1. The first-order chi connectivity index (χ1) is 15.5. The molecule has 1 atom stereocenters. The Labute approximate surface area is 185 Å². The lowest BCUT2D eigenvalue weighted by Gasteiger charge is -2.18. The number of carbonyl (C=O) groups excluding carboxylic acids is 1. The highest BCUT2D eigenvalue weighted by molar-refractivity contribution is 5.84. The van der Waals surface area contributed by atoms with Gasteiger partial charge in [0.1, 0.15) is 11.6 Å². The Morgan fingerprint density at radius 2 is 1.94 bits per heavy atom. The lowest BCUT2D eigenvalue weighted by atomic mass is 9.99. The van der Waals surface area contributed by atoms with Gasteiger partial charge in [0.05, 0.1) is 23.6 Å². The molecule has 4 aromatic rings. The van der Waals surface area contributed by atoms with E-state index in [4.69, 9.17) is 0 Å². The third-order valence-electron chi connectivity index (χ3n) is 6.01. The number of Topliss-reactive ketones (excluding diaryl/α,β-unsaturated/α-hetero) is 1. The Kier molecular flexibility index (Phi) is 5.39. The summed E-state index contributed by atoms with van der Waals surface area (Å²) in [6.45, 7) is 3.66. The Hall–Kier alpha value is -3.61. The fourth-order valence-corrected chi connectivity index (χ4v) is 4.42. The first-order valence-electron chi connectivity index (χ1n) is 10.8. The van der Waals surface area contributed by atoms with Crippen LogP contribution in [-0.4, -0.2) is 38.6 Å². The molecule has 5 rings (SSSR count). The summed E-state index contributed by atoms with van der Waals surface area (Å²) in [6.07, 6.45) is 7.17. The number of pyridine rings is 2. The lowest BCUT2D eigenvalue weighted by molar-refractivity contribution is -0.119. The maximum Gasteiger partial charge on any atom is 0.139 e. The zero-order chi connectivity index (χ0) is 22.1. The predicted octanol–water partition coefficient (Wildman–Crippen LogP) is 4.29. The number of carbonyl (C=O) groups is 1. The molecule has 0 spiro atoms. The molecule has 0 aliphatic carbocycles. The van der Waals surface area contributed by atoms with Crippen LogP contribution in [0.15, 0.2) is 61.1 Å². The van der Waals surface area contributed by atoms with Gasteiger partial charge in [0.15, 0.2) is 0 Å². The molecule has 0 radical (unpaired) electrons. The van der Waals surface area contributed by atoms with E-state index in [9.17, 15) is 9.18 Å². The molecule has 1 saturated heterocycles. The van der Waals surface area contributed by atoms with E-state index in [-0.39, 0.29) is 11.6 Å². The van der Waals surface area contributed by atoms with Crippen molar-refractivity contribution in [2.24, 2.45) is 5.92 Å². The first kappa shape index (κ1) is 20.3. The van der Waals surface area contributed by atoms with E-state index in [1.807, 2.05) is 29.8 Å². The smallest absolute Gasteiger partial charge is 0.139 e. The van der Waals surface area contributed by atoms with Crippen molar-refractivity contribution in [3.8, 4) is 5.69 Å². The second-order valence-electron chi connectivity index (χ2n) is 8.44. The molecule has 162 valence electrons. The molecule has 0 unspecified atom stereocenters. The number of aryl methyl sites for hydroxylation is 1. The minimum Gasteiger partial charge on any atom is -0.371 e. The van der Waals surface area contributed by atoms with Gasteiger partial charge in [-0.1, -0.05) is 0 Å². The number of hydrogen-bond acceptors (Lipinski definition) is 5. The summed E-state index contributed by atoms with van der Waals surface area (Å²) in [5.74, 6) is 0.277. The summed E-state index contributed by atoms with van der Waals surface area (Å²) in [6, 6.07) is 12.4. The van der Waals surface area contributed by atoms with Gasteiger partial charge in [0, 0.05) is 54.6 Å². The van der Waals surface area contributed by atoms with Gasteiger partial charge >= 0.3 is 0 Å². The van der Waals surface area contributed by atoms with E-state index < -0.39 is 0 Å². The number of nitrogens with zero attached hydrogens (tertiary/aromatic N) is 5. The normalized spacial score (nSPS) is 16.1. The number of fused-ring (bicyclic) bond motifs is 1. The van der Waals surface area contributed by atoms with Gasteiger partial charge in [-0.05, 0) is 61.7 Å². The minimum absolute atomic E-state index is 0.194. The van der Waals surface area contributed by atoms with Crippen LogP contribution in [0, 0.1) is 18.7 Å². The molecule has 0 saturated carbocycles. The molecular formula is C25H24FN5O. The fourth-order valence-electron chi connectivity index (χ4n) is 4.42. The highest BCUT2D eigenvalue weighted by atomic mass is 19.1. The van der Waals surface area contributed by atoms with E-state index in [2.05, 4.69) is 20.0 Å².